The molecule has 25 heavy (non-hydrogen) atoms. The molecule has 134 valence electrons. The molecule has 0 unspecified atom stereocenters. The summed E-state index contributed by atoms with van der Waals surface area (Å²) in [6.07, 6.45) is 4.08. The Balaban J connectivity index is 1.53. The Morgan fingerprint density at radius 3 is 3.08 bits per heavy atom. The summed E-state index contributed by atoms with van der Waals surface area (Å²) in [5, 5.41) is 7.32. The largest absolute Gasteiger partial charge is 0.481 e. The fourth-order valence-corrected chi connectivity index (χ4v) is 2.67. The fraction of sp³-hybridized carbons (Fsp3) is 0.500. The molecule has 1 saturated heterocycles. The standard InChI is InChI=1S/C16H22N6O3/c1-21-16(23)7-12(9-20-21)22-5-6-25-13(10-22)3-4-17-14-8-15(24-2)19-11-18-14/h7-9,11,13H,3-6,10H2,1-2H3,(H,17,18,19)/t13-/m0/s1. The second-order valence-corrected chi connectivity index (χ2v) is 5.78. The van der Waals surface area contributed by atoms with Crippen molar-refractivity contribution in [1.29, 1.82) is 0 Å². The third-order valence-electron chi connectivity index (χ3n) is 4.08. The molecule has 1 N–H and O–H groups in total. The number of morpholine rings is 1. The van der Waals surface area contributed by atoms with Gasteiger partial charge in [-0.1, -0.05) is 0 Å². The topological polar surface area (TPSA) is 94.4 Å². The van der Waals surface area contributed by atoms with Gasteiger partial charge in [0, 0.05) is 38.8 Å². The van der Waals surface area contributed by atoms with E-state index >= 15 is 0 Å². The van der Waals surface area contributed by atoms with Crippen LogP contribution in [0.25, 0.3) is 0 Å². The van der Waals surface area contributed by atoms with Gasteiger partial charge in [-0.05, 0) is 6.42 Å². The van der Waals surface area contributed by atoms with Crippen LogP contribution in [0.2, 0.25) is 0 Å². The molecule has 2 aromatic rings. The van der Waals surface area contributed by atoms with Crippen LogP contribution in [-0.2, 0) is 11.8 Å². The first-order chi connectivity index (χ1) is 12.2. The Bertz CT molecular complexity index is 766. The molecule has 1 atom stereocenters. The monoisotopic (exact) mass is 346 g/mol. The summed E-state index contributed by atoms with van der Waals surface area (Å²) in [4.78, 5) is 22.0. The second-order valence-electron chi connectivity index (χ2n) is 5.78. The number of hydrogen-bond acceptors (Lipinski definition) is 8. The van der Waals surface area contributed by atoms with Crippen molar-refractivity contribution < 1.29 is 9.47 Å². The molecule has 0 bridgehead atoms. The Hall–Kier alpha value is -2.68. The number of nitrogens with one attached hydrogen (secondary N) is 1. The van der Waals surface area contributed by atoms with E-state index in [1.165, 1.54) is 11.0 Å². The Morgan fingerprint density at radius 1 is 1.40 bits per heavy atom. The summed E-state index contributed by atoms with van der Waals surface area (Å²) in [6, 6.07) is 3.36. The second kappa shape index (κ2) is 7.93. The first-order valence-corrected chi connectivity index (χ1v) is 8.15. The predicted molar refractivity (Wildman–Crippen MR) is 93.1 cm³/mol. The van der Waals surface area contributed by atoms with Gasteiger partial charge in [0.05, 0.1) is 31.7 Å². The Kier molecular flexibility index (Phi) is 5.44. The van der Waals surface area contributed by atoms with Crippen molar-refractivity contribution in [2.24, 2.45) is 7.05 Å². The maximum Gasteiger partial charge on any atom is 0.268 e. The molecule has 9 heteroatoms. The number of rotatable bonds is 6. The summed E-state index contributed by atoms with van der Waals surface area (Å²) >= 11 is 0. The number of hydrogen-bond donors (Lipinski definition) is 1. The van der Waals surface area contributed by atoms with E-state index in [1.54, 1.807) is 32.5 Å². The normalized spacial score (nSPS) is 17.4. The van der Waals surface area contributed by atoms with Gasteiger partial charge in [-0.3, -0.25) is 4.79 Å². The van der Waals surface area contributed by atoms with Gasteiger partial charge >= 0.3 is 0 Å². The van der Waals surface area contributed by atoms with Gasteiger partial charge in [-0.15, -0.1) is 0 Å². The van der Waals surface area contributed by atoms with Crippen LogP contribution in [-0.4, -0.2) is 59.2 Å². The van der Waals surface area contributed by atoms with Crippen LogP contribution in [0.3, 0.4) is 0 Å². The average Bonchev–Trinajstić information content (AvgIpc) is 2.64. The van der Waals surface area contributed by atoms with Crippen molar-refractivity contribution in [3.05, 3.63) is 35.0 Å². The van der Waals surface area contributed by atoms with Crippen LogP contribution in [0, 0.1) is 0 Å². The van der Waals surface area contributed by atoms with Crippen LogP contribution in [0.15, 0.2) is 29.5 Å². The van der Waals surface area contributed by atoms with Crippen molar-refractivity contribution in [3.8, 4) is 5.88 Å². The molecule has 0 aliphatic carbocycles. The van der Waals surface area contributed by atoms with Crippen LogP contribution in [0.1, 0.15) is 6.42 Å². The van der Waals surface area contributed by atoms with Gasteiger partial charge < -0.3 is 19.7 Å². The highest BCUT2D eigenvalue weighted by molar-refractivity contribution is 5.43. The zero-order valence-corrected chi connectivity index (χ0v) is 14.4. The highest BCUT2D eigenvalue weighted by atomic mass is 16.5. The van der Waals surface area contributed by atoms with Gasteiger partial charge in [0.2, 0.25) is 5.88 Å². The minimum absolute atomic E-state index is 0.0778. The third kappa shape index (κ3) is 4.44. The van der Waals surface area contributed by atoms with E-state index in [4.69, 9.17) is 9.47 Å². The molecule has 0 amide bonds. The summed E-state index contributed by atoms with van der Waals surface area (Å²) in [5.41, 5.74) is 0.727. The van der Waals surface area contributed by atoms with Crippen LogP contribution in [0.4, 0.5) is 11.5 Å². The lowest BCUT2D eigenvalue weighted by molar-refractivity contribution is 0.0374. The van der Waals surface area contributed by atoms with E-state index in [9.17, 15) is 4.79 Å². The maximum atomic E-state index is 11.8. The fourth-order valence-electron chi connectivity index (χ4n) is 2.67. The SMILES string of the molecule is COc1cc(NCC[C@H]2CN(c3cnn(C)c(=O)c3)CCO2)ncn1. The van der Waals surface area contributed by atoms with Gasteiger partial charge in [0.1, 0.15) is 12.1 Å². The zero-order valence-electron chi connectivity index (χ0n) is 14.4. The molecule has 1 aliphatic rings. The van der Waals surface area contributed by atoms with E-state index in [-0.39, 0.29) is 11.7 Å². The van der Waals surface area contributed by atoms with Crippen molar-refractivity contribution in [1.82, 2.24) is 19.7 Å². The Labute approximate surface area is 145 Å². The highest BCUT2D eigenvalue weighted by Gasteiger charge is 2.21. The molecule has 0 radical (unpaired) electrons. The summed E-state index contributed by atoms with van der Waals surface area (Å²) < 4.78 is 12.2. The van der Waals surface area contributed by atoms with Crippen molar-refractivity contribution in [2.75, 3.05) is 43.6 Å². The highest BCUT2D eigenvalue weighted by Crippen LogP contribution is 2.17. The van der Waals surface area contributed by atoms with Crippen LogP contribution >= 0.6 is 0 Å². The van der Waals surface area contributed by atoms with E-state index in [0.717, 1.165) is 31.0 Å². The van der Waals surface area contributed by atoms with Gasteiger partial charge in [0.15, 0.2) is 0 Å². The number of nitrogens with zero attached hydrogens (tertiary/aromatic N) is 5. The molecule has 0 spiro atoms. The first kappa shape index (κ1) is 17.2. The van der Waals surface area contributed by atoms with E-state index in [1.807, 2.05) is 0 Å². The number of aromatic nitrogens is 4. The predicted octanol–water partition coefficient (Wildman–Crippen LogP) is 0.286. The quantitative estimate of drug-likeness (QED) is 0.797. The van der Waals surface area contributed by atoms with E-state index in [0.29, 0.717) is 19.0 Å². The molecular formula is C16H22N6O3. The maximum absolute atomic E-state index is 11.8. The van der Waals surface area contributed by atoms with Gasteiger partial charge in [-0.25, -0.2) is 14.6 Å². The zero-order chi connectivity index (χ0) is 17.6. The molecule has 3 rings (SSSR count). The smallest absolute Gasteiger partial charge is 0.268 e. The van der Waals surface area contributed by atoms with Gasteiger partial charge in [0.25, 0.3) is 5.56 Å². The van der Waals surface area contributed by atoms with Crippen molar-refractivity contribution >= 4 is 11.5 Å². The minimum atomic E-state index is -0.111. The number of anilines is 2. The Morgan fingerprint density at radius 2 is 2.28 bits per heavy atom. The number of ether oxygens (including phenoxy) is 2. The number of aryl methyl sites for hydroxylation is 1. The van der Waals surface area contributed by atoms with Crippen molar-refractivity contribution in [2.45, 2.75) is 12.5 Å². The lowest BCUT2D eigenvalue weighted by atomic mass is 10.2. The minimum Gasteiger partial charge on any atom is -0.481 e. The first-order valence-electron chi connectivity index (χ1n) is 8.15. The molecule has 3 heterocycles. The molecular weight excluding hydrogens is 324 g/mol. The molecule has 9 nitrogen and oxygen atoms in total. The van der Waals surface area contributed by atoms with Crippen molar-refractivity contribution in [3.63, 3.8) is 0 Å². The molecule has 1 fully saturated rings. The van der Waals surface area contributed by atoms with E-state index < -0.39 is 0 Å². The molecule has 0 saturated carbocycles. The lowest BCUT2D eigenvalue weighted by Gasteiger charge is -2.34. The molecule has 1 aliphatic heterocycles. The third-order valence-corrected chi connectivity index (χ3v) is 4.08. The van der Waals surface area contributed by atoms with E-state index in [2.05, 4.69) is 25.3 Å². The summed E-state index contributed by atoms with van der Waals surface area (Å²) in [7, 11) is 3.21. The average molecular weight is 346 g/mol. The van der Waals surface area contributed by atoms with Crippen LogP contribution < -0.4 is 20.5 Å². The summed E-state index contributed by atoms with van der Waals surface area (Å²) in [6.45, 7) is 2.82. The summed E-state index contributed by atoms with van der Waals surface area (Å²) in [5.74, 6) is 1.24. The van der Waals surface area contributed by atoms with Crippen LogP contribution in [0.5, 0.6) is 5.88 Å². The lowest BCUT2D eigenvalue weighted by Crippen LogP contribution is -2.43. The molecule has 2 aromatic heterocycles. The molecule has 0 aromatic carbocycles. The van der Waals surface area contributed by atoms with Gasteiger partial charge in [-0.2, -0.15) is 5.10 Å². The number of methoxy groups -OCH3 is 1.